The summed E-state index contributed by atoms with van der Waals surface area (Å²) in [5, 5.41) is 19.0. The summed E-state index contributed by atoms with van der Waals surface area (Å²) < 4.78 is 1.22. The molecule has 122 valence electrons. The Morgan fingerprint density at radius 1 is 0.880 bits per heavy atom. The number of azo groups is 1. The second kappa shape index (κ2) is 6.45. The molecule has 0 amide bonds. The Bertz CT molecular complexity index is 1070. The lowest BCUT2D eigenvalue weighted by atomic mass is 10.2. The Morgan fingerprint density at radius 2 is 1.68 bits per heavy atom. The summed E-state index contributed by atoms with van der Waals surface area (Å²) in [5.41, 5.74) is 4.51. The summed E-state index contributed by atoms with van der Waals surface area (Å²) in [6.07, 6.45) is 0. The van der Waals surface area contributed by atoms with Gasteiger partial charge in [-0.2, -0.15) is 5.11 Å². The molecule has 3 aromatic carbocycles. The van der Waals surface area contributed by atoms with Gasteiger partial charge in [0.1, 0.15) is 16.4 Å². The van der Waals surface area contributed by atoms with Gasteiger partial charge in [-0.3, -0.25) is 0 Å². The number of para-hydroxylation sites is 1. The Balaban J connectivity index is 1.61. The number of phenolic OH excluding ortho intramolecular Hbond substituents is 1. The largest absolute Gasteiger partial charge is 0.506 e. The van der Waals surface area contributed by atoms with Crippen molar-refractivity contribution in [1.82, 2.24) is 4.98 Å². The SMILES string of the molecule is Cc1cccc2nc(-c3ccc(/N=N/c4ccccc4O)cc3)sc12. The molecule has 4 aromatic rings. The number of aromatic nitrogens is 1. The maximum atomic E-state index is 9.71. The molecule has 0 saturated heterocycles. The summed E-state index contributed by atoms with van der Waals surface area (Å²) >= 11 is 1.70. The van der Waals surface area contributed by atoms with E-state index in [1.54, 1.807) is 29.5 Å². The number of rotatable bonds is 3. The van der Waals surface area contributed by atoms with Gasteiger partial charge >= 0.3 is 0 Å². The Morgan fingerprint density at radius 3 is 2.44 bits per heavy atom. The van der Waals surface area contributed by atoms with Crippen LogP contribution in [0.3, 0.4) is 0 Å². The molecule has 1 aromatic heterocycles. The lowest BCUT2D eigenvalue weighted by molar-refractivity contribution is 0.476. The number of fused-ring (bicyclic) bond motifs is 1. The van der Waals surface area contributed by atoms with Gasteiger partial charge in [-0.1, -0.05) is 24.3 Å². The number of nitrogens with zero attached hydrogens (tertiary/aromatic N) is 3. The van der Waals surface area contributed by atoms with Gasteiger partial charge < -0.3 is 5.11 Å². The number of aromatic hydroxyl groups is 1. The normalized spacial score (nSPS) is 11.4. The fourth-order valence-corrected chi connectivity index (χ4v) is 3.58. The highest BCUT2D eigenvalue weighted by Crippen LogP contribution is 2.33. The van der Waals surface area contributed by atoms with Crippen molar-refractivity contribution in [2.45, 2.75) is 6.92 Å². The van der Waals surface area contributed by atoms with Crippen LogP contribution < -0.4 is 0 Å². The fourth-order valence-electron chi connectivity index (χ4n) is 2.54. The molecule has 0 aliphatic rings. The first-order chi connectivity index (χ1) is 12.2. The lowest BCUT2D eigenvalue weighted by Gasteiger charge is -1.98. The van der Waals surface area contributed by atoms with Crippen LogP contribution in [0, 0.1) is 6.92 Å². The van der Waals surface area contributed by atoms with Gasteiger partial charge in [-0.05, 0) is 55.0 Å². The molecule has 0 aliphatic carbocycles. The van der Waals surface area contributed by atoms with Gasteiger partial charge in [-0.25, -0.2) is 4.98 Å². The molecule has 0 spiro atoms. The molecule has 5 heteroatoms. The zero-order chi connectivity index (χ0) is 17.2. The van der Waals surface area contributed by atoms with Gasteiger partial charge in [0.05, 0.1) is 15.9 Å². The number of hydrogen-bond donors (Lipinski definition) is 1. The molecule has 0 radical (unpaired) electrons. The molecule has 0 saturated carbocycles. The molecule has 0 bridgehead atoms. The standard InChI is InChI=1S/C20H15N3OS/c1-13-5-4-7-17-19(13)25-20(21-17)14-9-11-15(12-10-14)22-23-16-6-2-3-8-18(16)24/h2-12,24H,1H3/b23-22+. The van der Waals surface area contributed by atoms with E-state index in [0.717, 1.165) is 21.8 Å². The number of benzene rings is 3. The van der Waals surface area contributed by atoms with Crippen molar-refractivity contribution >= 4 is 32.9 Å². The minimum absolute atomic E-state index is 0.118. The van der Waals surface area contributed by atoms with Crippen LogP contribution in [0.15, 0.2) is 77.0 Å². The van der Waals surface area contributed by atoms with Crippen LogP contribution in [0.1, 0.15) is 5.56 Å². The van der Waals surface area contributed by atoms with Gasteiger partial charge in [-0.15, -0.1) is 16.5 Å². The van der Waals surface area contributed by atoms with E-state index in [-0.39, 0.29) is 5.75 Å². The Labute approximate surface area is 149 Å². The number of thiazole rings is 1. The summed E-state index contributed by atoms with van der Waals surface area (Å²) in [6.45, 7) is 2.10. The number of aryl methyl sites for hydroxylation is 1. The van der Waals surface area contributed by atoms with Crippen LogP contribution in [-0.4, -0.2) is 10.1 Å². The fraction of sp³-hybridized carbons (Fsp3) is 0.0500. The monoisotopic (exact) mass is 345 g/mol. The first-order valence-corrected chi connectivity index (χ1v) is 8.69. The average Bonchev–Trinajstić information content (AvgIpc) is 3.07. The van der Waals surface area contributed by atoms with Gasteiger partial charge in [0.25, 0.3) is 0 Å². The quantitative estimate of drug-likeness (QED) is 0.437. The van der Waals surface area contributed by atoms with E-state index in [9.17, 15) is 5.11 Å². The Kier molecular flexibility index (Phi) is 3.99. The van der Waals surface area contributed by atoms with E-state index >= 15 is 0 Å². The van der Waals surface area contributed by atoms with Crippen molar-refractivity contribution in [3.05, 3.63) is 72.3 Å². The molecule has 0 fully saturated rings. The van der Waals surface area contributed by atoms with Crippen LogP contribution >= 0.6 is 11.3 Å². The molecule has 4 nitrogen and oxygen atoms in total. The summed E-state index contributed by atoms with van der Waals surface area (Å²) in [6, 6.07) is 20.8. The van der Waals surface area contributed by atoms with E-state index in [1.165, 1.54) is 10.3 Å². The molecule has 25 heavy (non-hydrogen) atoms. The van der Waals surface area contributed by atoms with E-state index < -0.39 is 0 Å². The summed E-state index contributed by atoms with van der Waals surface area (Å²) in [7, 11) is 0. The van der Waals surface area contributed by atoms with E-state index in [1.807, 2.05) is 42.5 Å². The zero-order valence-corrected chi connectivity index (χ0v) is 14.4. The number of hydrogen-bond acceptors (Lipinski definition) is 5. The Hall–Kier alpha value is -3.05. The second-order valence-electron chi connectivity index (χ2n) is 5.68. The maximum absolute atomic E-state index is 9.71. The summed E-state index contributed by atoms with van der Waals surface area (Å²) in [4.78, 5) is 4.71. The van der Waals surface area contributed by atoms with E-state index in [2.05, 4.69) is 23.2 Å². The average molecular weight is 345 g/mol. The van der Waals surface area contributed by atoms with Crippen LogP contribution in [0.25, 0.3) is 20.8 Å². The molecule has 1 heterocycles. The van der Waals surface area contributed by atoms with Gasteiger partial charge in [0.2, 0.25) is 0 Å². The predicted octanol–water partition coefficient (Wildman–Crippen LogP) is 6.39. The third kappa shape index (κ3) is 3.14. The topological polar surface area (TPSA) is 57.8 Å². The van der Waals surface area contributed by atoms with Crippen LogP contribution in [0.5, 0.6) is 5.75 Å². The third-order valence-electron chi connectivity index (χ3n) is 3.88. The van der Waals surface area contributed by atoms with Gasteiger partial charge in [0.15, 0.2) is 0 Å². The molecule has 0 atom stereocenters. The van der Waals surface area contributed by atoms with Crippen molar-refractivity contribution in [3.8, 4) is 16.3 Å². The molecule has 0 aliphatic heterocycles. The van der Waals surface area contributed by atoms with E-state index in [4.69, 9.17) is 4.98 Å². The molecule has 4 rings (SSSR count). The highest BCUT2D eigenvalue weighted by Gasteiger charge is 2.07. The van der Waals surface area contributed by atoms with Crippen molar-refractivity contribution in [2.24, 2.45) is 10.2 Å². The van der Waals surface area contributed by atoms with Gasteiger partial charge in [0, 0.05) is 5.56 Å². The van der Waals surface area contributed by atoms with Crippen LogP contribution in [0.2, 0.25) is 0 Å². The van der Waals surface area contributed by atoms with E-state index in [0.29, 0.717) is 5.69 Å². The minimum atomic E-state index is 0.118. The van der Waals surface area contributed by atoms with Crippen LogP contribution in [-0.2, 0) is 0 Å². The minimum Gasteiger partial charge on any atom is -0.506 e. The lowest BCUT2D eigenvalue weighted by Crippen LogP contribution is -1.75. The highest BCUT2D eigenvalue weighted by molar-refractivity contribution is 7.21. The number of phenols is 1. The molecular weight excluding hydrogens is 330 g/mol. The first kappa shape index (κ1) is 15.5. The van der Waals surface area contributed by atoms with Crippen molar-refractivity contribution in [3.63, 3.8) is 0 Å². The maximum Gasteiger partial charge on any atom is 0.143 e. The zero-order valence-electron chi connectivity index (χ0n) is 13.5. The van der Waals surface area contributed by atoms with Crippen molar-refractivity contribution in [1.29, 1.82) is 0 Å². The molecule has 1 N–H and O–H groups in total. The predicted molar refractivity (Wildman–Crippen MR) is 102 cm³/mol. The highest BCUT2D eigenvalue weighted by atomic mass is 32.1. The van der Waals surface area contributed by atoms with Crippen molar-refractivity contribution < 1.29 is 5.11 Å². The summed E-state index contributed by atoms with van der Waals surface area (Å²) in [5.74, 6) is 0.118. The first-order valence-electron chi connectivity index (χ1n) is 7.87. The third-order valence-corrected chi connectivity index (χ3v) is 5.14. The second-order valence-corrected chi connectivity index (χ2v) is 6.68. The van der Waals surface area contributed by atoms with Crippen molar-refractivity contribution in [2.75, 3.05) is 0 Å². The molecular formula is C20H15N3OS. The molecule has 0 unspecified atom stereocenters. The smallest absolute Gasteiger partial charge is 0.143 e. The van der Waals surface area contributed by atoms with Crippen LogP contribution in [0.4, 0.5) is 11.4 Å².